The fraction of sp³-hybridized carbons (Fsp3) is 0.533. The fourth-order valence-electron chi connectivity index (χ4n) is 2.41. The molecule has 1 amide bonds. The number of carbonyl (C=O) groups excluding carboxylic acids is 1. The van der Waals surface area contributed by atoms with Crippen molar-refractivity contribution in [2.24, 2.45) is 0 Å². The summed E-state index contributed by atoms with van der Waals surface area (Å²) in [4.78, 5) is 12.1. The number of piperidine rings is 1. The second-order valence-electron chi connectivity index (χ2n) is 5.02. The van der Waals surface area contributed by atoms with Crippen molar-refractivity contribution in [3.05, 3.63) is 34.9 Å². The van der Waals surface area contributed by atoms with E-state index in [1.54, 1.807) is 7.11 Å². The third kappa shape index (κ3) is 4.20. The Labute approximate surface area is 124 Å². The largest absolute Gasteiger partial charge is 0.375 e. The first-order valence-electron chi connectivity index (χ1n) is 7.00. The molecule has 110 valence electrons. The van der Waals surface area contributed by atoms with Crippen LogP contribution in [0.1, 0.15) is 30.9 Å². The predicted molar refractivity (Wildman–Crippen MR) is 79.9 cm³/mol. The normalized spacial score (nSPS) is 20.4. The number of amides is 1. The minimum Gasteiger partial charge on any atom is -0.375 e. The molecule has 4 nitrogen and oxygen atoms in total. The van der Waals surface area contributed by atoms with Gasteiger partial charge < -0.3 is 15.4 Å². The Bertz CT molecular complexity index is 430. The lowest BCUT2D eigenvalue weighted by Crippen LogP contribution is -2.47. The Hall–Kier alpha value is -1.10. The van der Waals surface area contributed by atoms with Gasteiger partial charge in [0.15, 0.2) is 0 Å². The Kier molecular flexibility index (Phi) is 5.83. The van der Waals surface area contributed by atoms with Crippen molar-refractivity contribution in [3.8, 4) is 0 Å². The summed E-state index contributed by atoms with van der Waals surface area (Å²) in [5.74, 6) is 0.0562. The Morgan fingerprint density at radius 1 is 1.45 bits per heavy atom. The average Bonchev–Trinajstić information content (AvgIpc) is 2.50. The molecule has 1 heterocycles. The van der Waals surface area contributed by atoms with E-state index in [1.807, 2.05) is 24.3 Å². The van der Waals surface area contributed by atoms with E-state index >= 15 is 0 Å². The molecule has 2 atom stereocenters. The molecular formula is C15H21ClN2O2. The summed E-state index contributed by atoms with van der Waals surface area (Å²) in [6.07, 6.45) is 3.01. The average molecular weight is 297 g/mol. The van der Waals surface area contributed by atoms with Crippen molar-refractivity contribution in [3.63, 3.8) is 0 Å². The Morgan fingerprint density at radius 3 is 2.80 bits per heavy atom. The summed E-state index contributed by atoms with van der Waals surface area (Å²) in [5.41, 5.74) is 1.01. The summed E-state index contributed by atoms with van der Waals surface area (Å²) in [5, 5.41) is 6.89. The molecule has 1 aromatic carbocycles. The number of benzene rings is 1. The van der Waals surface area contributed by atoms with Gasteiger partial charge in [-0.3, -0.25) is 4.79 Å². The molecule has 20 heavy (non-hydrogen) atoms. The van der Waals surface area contributed by atoms with E-state index in [-0.39, 0.29) is 18.1 Å². The first kappa shape index (κ1) is 15.3. The van der Waals surface area contributed by atoms with E-state index in [1.165, 1.54) is 0 Å². The van der Waals surface area contributed by atoms with Gasteiger partial charge in [-0.25, -0.2) is 0 Å². The number of carbonyl (C=O) groups is 1. The van der Waals surface area contributed by atoms with Gasteiger partial charge in [0.1, 0.15) is 0 Å². The third-order valence-corrected chi connectivity index (χ3v) is 3.87. The van der Waals surface area contributed by atoms with Crippen LogP contribution in [0.3, 0.4) is 0 Å². The fourth-order valence-corrected chi connectivity index (χ4v) is 2.53. The molecule has 0 saturated carbocycles. The van der Waals surface area contributed by atoms with Gasteiger partial charge in [0.2, 0.25) is 5.91 Å². The lowest BCUT2D eigenvalue weighted by Gasteiger charge is -2.24. The van der Waals surface area contributed by atoms with Crippen molar-refractivity contribution >= 4 is 17.5 Å². The molecule has 2 N–H and O–H groups in total. The summed E-state index contributed by atoms with van der Waals surface area (Å²) < 4.78 is 5.44. The third-order valence-electron chi connectivity index (χ3n) is 3.61. The molecule has 5 heteroatoms. The maximum atomic E-state index is 12.1. The number of hydrogen-bond donors (Lipinski definition) is 2. The summed E-state index contributed by atoms with van der Waals surface area (Å²) in [7, 11) is 1.64. The minimum atomic E-state index is -0.153. The topological polar surface area (TPSA) is 50.4 Å². The quantitative estimate of drug-likeness (QED) is 0.876. The van der Waals surface area contributed by atoms with E-state index in [0.29, 0.717) is 11.6 Å². The highest BCUT2D eigenvalue weighted by Gasteiger charge is 2.21. The second-order valence-corrected chi connectivity index (χ2v) is 5.46. The van der Waals surface area contributed by atoms with Crippen LogP contribution in [0, 0.1) is 0 Å². The Balaban J connectivity index is 1.86. The number of halogens is 1. The van der Waals surface area contributed by atoms with Crippen molar-refractivity contribution in [1.82, 2.24) is 10.6 Å². The maximum absolute atomic E-state index is 12.1. The van der Waals surface area contributed by atoms with Crippen LogP contribution < -0.4 is 10.6 Å². The molecule has 1 saturated heterocycles. The standard InChI is InChI=1S/C15H21ClN2O2/c1-20-14(11-5-7-12(16)8-6-11)10-18-15(19)13-4-2-3-9-17-13/h5-8,13-14,17H,2-4,9-10H2,1H3,(H,18,19). The molecule has 0 aliphatic carbocycles. The summed E-state index contributed by atoms with van der Waals surface area (Å²) >= 11 is 5.87. The molecule has 1 fully saturated rings. The van der Waals surface area contributed by atoms with E-state index in [0.717, 1.165) is 31.4 Å². The molecule has 1 aliphatic heterocycles. The number of nitrogens with one attached hydrogen (secondary N) is 2. The molecule has 1 aliphatic rings. The van der Waals surface area contributed by atoms with Crippen molar-refractivity contribution in [2.45, 2.75) is 31.4 Å². The second kappa shape index (κ2) is 7.62. The smallest absolute Gasteiger partial charge is 0.237 e. The van der Waals surface area contributed by atoms with Crippen molar-refractivity contribution in [2.75, 3.05) is 20.2 Å². The summed E-state index contributed by atoms with van der Waals surface area (Å²) in [6, 6.07) is 7.43. The highest BCUT2D eigenvalue weighted by atomic mass is 35.5. The molecule has 2 unspecified atom stereocenters. The SMILES string of the molecule is COC(CNC(=O)C1CCCCN1)c1ccc(Cl)cc1. The zero-order valence-electron chi connectivity index (χ0n) is 11.7. The van der Waals surface area contributed by atoms with E-state index < -0.39 is 0 Å². The molecule has 0 spiro atoms. The van der Waals surface area contributed by atoms with E-state index in [4.69, 9.17) is 16.3 Å². The molecule has 0 radical (unpaired) electrons. The van der Waals surface area contributed by atoms with Gasteiger partial charge in [0.05, 0.1) is 12.1 Å². The first-order chi connectivity index (χ1) is 9.70. The predicted octanol–water partition coefficient (Wildman–Crippen LogP) is 2.29. The van der Waals surface area contributed by atoms with E-state index in [9.17, 15) is 4.79 Å². The number of hydrogen-bond acceptors (Lipinski definition) is 3. The van der Waals surface area contributed by atoms with Crippen LogP contribution in [-0.4, -0.2) is 32.1 Å². The van der Waals surface area contributed by atoms with Crippen LogP contribution in [0.5, 0.6) is 0 Å². The van der Waals surface area contributed by atoms with Gasteiger partial charge in [0, 0.05) is 18.7 Å². The highest BCUT2D eigenvalue weighted by molar-refractivity contribution is 6.30. The van der Waals surface area contributed by atoms with Gasteiger partial charge >= 0.3 is 0 Å². The summed E-state index contributed by atoms with van der Waals surface area (Å²) in [6.45, 7) is 1.39. The number of ether oxygens (including phenoxy) is 1. The van der Waals surface area contributed by atoms with Gasteiger partial charge in [-0.05, 0) is 37.1 Å². The van der Waals surface area contributed by atoms with Crippen LogP contribution in [0.25, 0.3) is 0 Å². The minimum absolute atomic E-state index is 0.0562. The maximum Gasteiger partial charge on any atom is 0.237 e. The van der Waals surface area contributed by atoms with Crippen LogP contribution in [0.15, 0.2) is 24.3 Å². The molecule has 0 aromatic heterocycles. The lowest BCUT2D eigenvalue weighted by molar-refractivity contribution is -0.124. The zero-order valence-corrected chi connectivity index (χ0v) is 12.5. The van der Waals surface area contributed by atoms with Gasteiger partial charge in [-0.1, -0.05) is 30.2 Å². The lowest BCUT2D eigenvalue weighted by atomic mass is 10.0. The number of methoxy groups -OCH3 is 1. The van der Waals surface area contributed by atoms with Gasteiger partial charge in [0.25, 0.3) is 0 Å². The molecule has 1 aromatic rings. The molecule has 0 bridgehead atoms. The monoisotopic (exact) mass is 296 g/mol. The van der Waals surface area contributed by atoms with E-state index in [2.05, 4.69) is 10.6 Å². The van der Waals surface area contributed by atoms with Crippen LogP contribution in [-0.2, 0) is 9.53 Å². The highest BCUT2D eigenvalue weighted by Crippen LogP contribution is 2.18. The van der Waals surface area contributed by atoms with Gasteiger partial charge in [-0.15, -0.1) is 0 Å². The van der Waals surface area contributed by atoms with Crippen molar-refractivity contribution in [1.29, 1.82) is 0 Å². The number of rotatable bonds is 5. The van der Waals surface area contributed by atoms with Crippen LogP contribution in [0.4, 0.5) is 0 Å². The molecular weight excluding hydrogens is 276 g/mol. The van der Waals surface area contributed by atoms with Crippen molar-refractivity contribution < 1.29 is 9.53 Å². The molecule has 2 rings (SSSR count). The van der Waals surface area contributed by atoms with Crippen LogP contribution >= 0.6 is 11.6 Å². The Morgan fingerprint density at radius 2 is 2.20 bits per heavy atom. The van der Waals surface area contributed by atoms with Gasteiger partial charge in [-0.2, -0.15) is 0 Å². The van der Waals surface area contributed by atoms with Crippen LogP contribution in [0.2, 0.25) is 5.02 Å². The first-order valence-corrected chi connectivity index (χ1v) is 7.38. The zero-order chi connectivity index (χ0) is 14.4.